The number of hydrogen-bond donors (Lipinski definition) is 2. The molecule has 2 atom stereocenters. The van der Waals surface area contributed by atoms with Crippen LogP contribution in [-0.4, -0.2) is 48.9 Å². The fraction of sp³-hybridized carbons (Fsp3) is 0.867. The Balaban J connectivity index is 1.66. The lowest BCUT2D eigenvalue weighted by Crippen LogP contribution is -2.47. The first-order valence-electron chi connectivity index (χ1n) is 7.97. The van der Waals surface area contributed by atoms with Gasteiger partial charge in [0.05, 0.1) is 5.92 Å². The minimum absolute atomic E-state index is 0.0499. The minimum atomic E-state index is 0.0499. The highest BCUT2D eigenvalue weighted by molar-refractivity contribution is 5.81. The lowest BCUT2D eigenvalue weighted by atomic mass is 9.91. The van der Waals surface area contributed by atoms with Crippen molar-refractivity contribution in [2.75, 3.05) is 26.2 Å². The molecule has 0 aromatic rings. The van der Waals surface area contributed by atoms with Crippen LogP contribution in [0.3, 0.4) is 0 Å². The van der Waals surface area contributed by atoms with E-state index in [1.807, 2.05) is 4.90 Å². The van der Waals surface area contributed by atoms with E-state index in [4.69, 9.17) is 0 Å². The molecule has 0 bridgehead atoms. The van der Waals surface area contributed by atoms with Crippen molar-refractivity contribution in [2.24, 2.45) is 5.92 Å². The average Bonchev–Trinajstić information content (AvgIpc) is 2.48. The fourth-order valence-electron chi connectivity index (χ4n) is 3.13. The first kappa shape index (κ1) is 15.3. The van der Waals surface area contributed by atoms with Gasteiger partial charge >= 0.3 is 0 Å². The molecule has 0 radical (unpaired) electrons. The molecule has 5 nitrogen and oxygen atoms in total. The van der Waals surface area contributed by atoms with Gasteiger partial charge in [-0.05, 0) is 45.6 Å². The van der Waals surface area contributed by atoms with Crippen LogP contribution in [0, 0.1) is 5.92 Å². The molecule has 2 rings (SSSR count). The lowest BCUT2D eigenvalue weighted by Gasteiger charge is -2.29. The van der Waals surface area contributed by atoms with Crippen LogP contribution in [0.1, 0.15) is 45.4 Å². The Bertz CT molecular complexity index is 340. The maximum atomic E-state index is 12.1. The van der Waals surface area contributed by atoms with E-state index in [0.29, 0.717) is 13.0 Å². The van der Waals surface area contributed by atoms with Gasteiger partial charge in [0.1, 0.15) is 0 Å². The zero-order chi connectivity index (χ0) is 14.4. The summed E-state index contributed by atoms with van der Waals surface area (Å²) in [7, 11) is 0. The van der Waals surface area contributed by atoms with Crippen molar-refractivity contribution in [3.8, 4) is 0 Å². The summed E-state index contributed by atoms with van der Waals surface area (Å²) in [5, 5.41) is 6.25. The zero-order valence-electron chi connectivity index (χ0n) is 12.5. The van der Waals surface area contributed by atoms with Crippen molar-refractivity contribution in [1.82, 2.24) is 15.5 Å². The molecule has 2 aliphatic rings. The predicted molar refractivity (Wildman–Crippen MR) is 78.2 cm³/mol. The van der Waals surface area contributed by atoms with Crippen LogP contribution < -0.4 is 10.6 Å². The Morgan fingerprint density at radius 2 is 1.95 bits per heavy atom. The van der Waals surface area contributed by atoms with Crippen LogP contribution in [0.15, 0.2) is 0 Å². The summed E-state index contributed by atoms with van der Waals surface area (Å²) >= 11 is 0. The molecule has 2 aliphatic heterocycles. The number of hydrogen-bond acceptors (Lipinski definition) is 3. The number of likely N-dealkylation sites (tertiary alicyclic amines) is 1. The van der Waals surface area contributed by atoms with E-state index in [0.717, 1.165) is 45.3 Å². The van der Waals surface area contributed by atoms with Gasteiger partial charge in [0.2, 0.25) is 11.8 Å². The van der Waals surface area contributed by atoms with E-state index < -0.39 is 0 Å². The summed E-state index contributed by atoms with van der Waals surface area (Å²) in [5.74, 6) is 0.324. The van der Waals surface area contributed by atoms with Crippen molar-refractivity contribution >= 4 is 11.8 Å². The number of piperidine rings is 2. The van der Waals surface area contributed by atoms with Gasteiger partial charge in [-0.2, -0.15) is 0 Å². The van der Waals surface area contributed by atoms with Crippen LogP contribution in [0.25, 0.3) is 0 Å². The molecule has 0 spiro atoms. The Morgan fingerprint density at radius 1 is 1.20 bits per heavy atom. The van der Waals surface area contributed by atoms with Crippen molar-refractivity contribution in [3.63, 3.8) is 0 Å². The van der Waals surface area contributed by atoms with Gasteiger partial charge in [-0.3, -0.25) is 9.59 Å². The smallest absolute Gasteiger partial charge is 0.224 e. The van der Waals surface area contributed by atoms with Crippen LogP contribution in [-0.2, 0) is 9.59 Å². The van der Waals surface area contributed by atoms with E-state index in [1.54, 1.807) is 0 Å². The molecule has 0 aromatic heterocycles. The second kappa shape index (κ2) is 7.62. The summed E-state index contributed by atoms with van der Waals surface area (Å²) in [5.41, 5.74) is 0. The molecular weight excluding hydrogens is 254 g/mol. The SMILES string of the molecule is CC1NCCCC1C(=O)NCCC(=O)N1CCCCC1. The first-order valence-corrected chi connectivity index (χ1v) is 7.97. The standard InChI is InChI=1S/C15H27N3O2/c1-12-13(6-5-8-16-12)15(20)17-9-7-14(19)18-10-3-2-4-11-18/h12-13,16H,2-11H2,1H3,(H,17,20). The zero-order valence-corrected chi connectivity index (χ0v) is 12.5. The highest BCUT2D eigenvalue weighted by Gasteiger charge is 2.27. The van der Waals surface area contributed by atoms with Crippen molar-refractivity contribution in [3.05, 3.63) is 0 Å². The molecule has 0 aromatic carbocycles. The van der Waals surface area contributed by atoms with Gasteiger partial charge in [-0.25, -0.2) is 0 Å². The third-order valence-corrected chi connectivity index (χ3v) is 4.45. The summed E-state index contributed by atoms with van der Waals surface area (Å²) < 4.78 is 0. The highest BCUT2D eigenvalue weighted by atomic mass is 16.2. The Morgan fingerprint density at radius 3 is 2.65 bits per heavy atom. The second-order valence-electron chi connectivity index (χ2n) is 5.97. The summed E-state index contributed by atoms with van der Waals surface area (Å²) in [6.07, 6.45) is 5.88. The second-order valence-corrected chi connectivity index (χ2v) is 5.97. The highest BCUT2D eigenvalue weighted by Crippen LogP contribution is 2.16. The minimum Gasteiger partial charge on any atom is -0.355 e. The van der Waals surface area contributed by atoms with Gasteiger partial charge in [0.25, 0.3) is 0 Å². The number of carbonyl (C=O) groups is 2. The fourth-order valence-corrected chi connectivity index (χ4v) is 3.13. The van der Waals surface area contributed by atoms with Gasteiger partial charge in [0, 0.05) is 32.1 Å². The quantitative estimate of drug-likeness (QED) is 0.804. The molecule has 2 N–H and O–H groups in total. The first-order chi connectivity index (χ1) is 9.68. The van der Waals surface area contributed by atoms with Crippen LogP contribution in [0.5, 0.6) is 0 Å². The molecule has 0 saturated carbocycles. The Labute approximate surface area is 121 Å². The Hall–Kier alpha value is -1.10. The van der Waals surface area contributed by atoms with Crippen LogP contribution in [0.4, 0.5) is 0 Å². The molecule has 0 aliphatic carbocycles. The molecular formula is C15H27N3O2. The molecule has 114 valence electrons. The van der Waals surface area contributed by atoms with Crippen molar-refractivity contribution < 1.29 is 9.59 Å². The third kappa shape index (κ3) is 4.20. The topological polar surface area (TPSA) is 61.4 Å². The number of nitrogens with zero attached hydrogens (tertiary/aromatic N) is 1. The molecule has 2 fully saturated rings. The lowest BCUT2D eigenvalue weighted by molar-refractivity contribution is -0.132. The Kier molecular flexibility index (Phi) is 5.83. The summed E-state index contributed by atoms with van der Waals surface area (Å²) in [6, 6.07) is 0.238. The van der Waals surface area contributed by atoms with E-state index >= 15 is 0 Å². The van der Waals surface area contributed by atoms with E-state index in [-0.39, 0.29) is 23.8 Å². The van der Waals surface area contributed by atoms with Crippen LogP contribution >= 0.6 is 0 Å². The van der Waals surface area contributed by atoms with E-state index in [2.05, 4.69) is 17.6 Å². The molecule has 2 unspecified atom stereocenters. The van der Waals surface area contributed by atoms with Gasteiger partial charge in [0.15, 0.2) is 0 Å². The predicted octanol–water partition coefficient (Wildman–Crippen LogP) is 0.893. The summed E-state index contributed by atoms with van der Waals surface area (Å²) in [6.45, 7) is 5.30. The molecule has 2 amide bonds. The van der Waals surface area contributed by atoms with Crippen molar-refractivity contribution in [2.45, 2.75) is 51.5 Å². The average molecular weight is 281 g/mol. The van der Waals surface area contributed by atoms with Gasteiger partial charge in [-0.1, -0.05) is 0 Å². The van der Waals surface area contributed by atoms with Crippen LogP contribution in [0.2, 0.25) is 0 Å². The van der Waals surface area contributed by atoms with Crippen molar-refractivity contribution in [1.29, 1.82) is 0 Å². The maximum absolute atomic E-state index is 12.1. The number of nitrogens with one attached hydrogen (secondary N) is 2. The van der Waals surface area contributed by atoms with E-state index in [9.17, 15) is 9.59 Å². The van der Waals surface area contributed by atoms with E-state index in [1.165, 1.54) is 6.42 Å². The van der Waals surface area contributed by atoms with Gasteiger partial charge < -0.3 is 15.5 Å². The normalized spacial score (nSPS) is 27.1. The monoisotopic (exact) mass is 281 g/mol. The molecule has 5 heteroatoms. The van der Waals surface area contributed by atoms with Gasteiger partial charge in [-0.15, -0.1) is 0 Å². The number of rotatable bonds is 4. The number of amides is 2. The molecule has 2 saturated heterocycles. The third-order valence-electron chi connectivity index (χ3n) is 4.45. The molecule has 20 heavy (non-hydrogen) atoms. The largest absolute Gasteiger partial charge is 0.355 e. The summed E-state index contributed by atoms with van der Waals surface area (Å²) in [4.78, 5) is 26.0. The number of carbonyl (C=O) groups excluding carboxylic acids is 2. The maximum Gasteiger partial charge on any atom is 0.224 e. The molecule has 2 heterocycles.